The van der Waals surface area contributed by atoms with Gasteiger partial charge in [0.15, 0.2) is 0 Å². The van der Waals surface area contributed by atoms with Crippen LogP contribution in [0.1, 0.15) is 36.7 Å². The van der Waals surface area contributed by atoms with Gasteiger partial charge in [0, 0.05) is 13.0 Å². The maximum Gasteiger partial charge on any atom is 0.237 e. The van der Waals surface area contributed by atoms with E-state index in [0.717, 1.165) is 18.6 Å². The third-order valence-electron chi connectivity index (χ3n) is 2.96. The Hall–Kier alpha value is -1.72. The molecule has 0 aliphatic carbocycles. The molecule has 1 heterocycles. The quantitative estimate of drug-likeness (QED) is 0.749. The Morgan fingerprint density at radius 1 is 1.20 bits per heavy atom. The highest BCUT2D eigenvalue weighted by atomic mass is 16.5. The molecule has 0 saturated carbocycles. The van der Waals surface area contributed by atoms with Gasteiger partial charge in [0.1, 0.15) is 6.04 Å². The van der Waals surface area contributed by atoms with Crippen LogP contribution >= 0.6 is 0 Å². The van der Waals surface area contributed by atoms with Crippen molar-refractivity contribution in [1.29, 1.82) is 0 Å². The van der Waals surface area contributed by atoms with Gasteiger partial charge in [-0.05, 0) is 19.0 Å². The summed E-state index contributed by atoms with van der Waals surface area (Å²) in [5.41, 5.74) is 1.10. The molecule has 1 unspecified atom stereocenters. The summed E-state index contributed by atoms with van der Waals surface area (Å²) in [7, 11) is 1.88. The number of nitrogens with zero attached hydrogens (tertiary/aromatic N) is 2. The van der Waals surface area contributed by atoms with Gasteiger partial charge in [-0.3, -0.25) is 0 Å². The van der Waals surface area contributed by atoms with E-state index >= 15 is 0 Å². The van der Waals surface area contributed by atoms with Crippen molar-refractivity contribution in [2.45, 2.75) is 25.8 Å². The summed E-state index contributed by atoms with van der Waals surface area (Å²) < 4.78 is 11.1. The van der Waals surface area contributed by atoms with E-state index in [1.807, 2.05) is 37.4 Å². The van der Waals surface area contributed by atoms with Crippen LogP contribution in [0.3, 0.4) is 0 Å². The second-order valence-corrected chi connectivity index (χ2v) is 4.53. The minimum Gasteiger partial charge on any atom is -0.423 e. The lowest BCUT2D eigenvalue weighted by Crippen LogP contribution is -2.17. The normalized spacial score (nSPS) is 12.5. The van der Waals surface area contributed by atoms with Crippen LogP contribution in [-0.4, -0.2) is 30.5 Å². The summed E-state index contributed by atoms with van der Waals surface area (Å²) in [6.45, 7) is 3.47. The van der Waals surface area contributed by atoms with Crippen LogP contribution < -0.4 is 5.32 Å². The van der Waals surface area contributed by atoms with E-state index in [9.17, 15) is 0 Å². The highest BCUT2D eigenvalue weighted by molar-refractivity contribution is 5.23. The summed E-state index contributed by atoms with van der Waals surface area (Å²) in [6.07, 6.45) is 1.67. The van der Waals surface area contributed by atoms with Gasteiger partial charge in [-0.25, -0.2) is 0 Å². The molecular formula is C15H21N3O2. The summed E-state index contributed by atoms with van der Waals surface area (Å²) in [6, 6.07) is 9.98. The molecule has 0 aliphatic rings. The van der Waals surface area contributed by atoms with Crippen molar-refractivity contribution in [3.8, 4) is 0 Å². The maximum absolute atomic E-state index is 5.71. The molecule has 1 N–H and O–H groups in total. The smallest absolute Gasteiger partial charge is 0.237 e. The lowest BCUT2D eigenvalue weighted by molar-refractivity contribution is 0.133. The van der Waals surface area contributed by atoms with Crippen LogP contribution in [0, 0.1) is 0 Å². The first-order valence-electron chi connectivity index (χ1n) is 6.97. The van der Waals surface area contributed by atoms with Crippen molar-refractivity contribution >= 4 is 0 Å². The molecule has 0 spiro atoms. The third-order valence-corrected chi connectivity index (χ3v) is 2.96. The minimum atomic E-state index is -0.0750. The number of hydrogen-bond acceptors (Lipinski definition) is 5. The van der Waals surface area contributed by atoms with Crippen molar-refractivity contribution in [1.82, 2.24) is 15.5 Å². The number of benzene rings is 1. The molecule has 2 rings (SSSR count). The Bertz CT molecular complexity index is 499. The first-order valence-corrected chi connectivity index (χ1v) is 6.97. The summed E-state index contributed by atoms with van der Waals surface area (Å²) in [5, 5.41) is 11.4. The van der Waals surface area contributed by atoms with Gasteiger partial charge in [0.2, 0.25) is 11.8 Å². The largest absolute Gasteiger partial charge is 0.423 e. The molecule has 108 valence electrons. The van der Waals surface area contributed by atoms with E-state index in [0.29, 0.717) is 24.8 Å². The van der Waals surface area contributed by atoms with E-state index in [2.05, 4.69) is 22.4 Å². The van der Waals surface area contributed by atoms with Gasteiger partial charge in [-0.15, -0.1) is 10.2 Å². The zero-order valence-corrected chi connectivity index (χ0v) is 12.0. The van der Waals surface area contributed by atoms with Gasteiger partial charge in [0.25, 0.3) is 0 Å². The fraction of sp³-hybridized carbons (Fsp3) is 0.467. The fourth-order valence-electron chi connectivity index (χ4n) is 1.97. The second kappa shape index (κ2) is 7.77. The average Bonchev–Trinajstić information content (AvgIpc) is 2.94. The Morgan fingerprint density at radius 3 is 2.70 bits per heavy atom. The molecule has 0 aliphatic heterocycles. The van der Waals surface area contributed by atoms with Crippen LogP contribution in [0.15, 0.2) is 34.7 Å². The van der Waals surface area contributed by atoms with Crippen molar-refractivity contribution < 1.29 is 9.15 Å². The van der Waals surface area contributed by atoms with Crippen molar-refractivity contribution in [2.75, 3.05) is 20.3 Å². The molecule has 0 radical (unpaired) electrons. The van der Waals surface area contributed by atoms with E-state index < -0.39 is 0 Å². The molecule has 5 nitrogen and oxygen atoms in total. The molecule has 0 saturated heterocycles. The average molecular weight is 275 g/mol. The Balaban J connectivity index is 1.99. The van der Waals surface area contributed by atoms with Gasteiger partial charge in [-0.1, -0.05) is 37.3 Å². The van der Waals surface area contributed by atoms with Crippen LogP contribution in [0.2, 0.25) is 0 Å². The van der Waals surface area contributed by atoms with Crippen LogP contribution in [0.4, 0.5) is 0 Å². The van der Waals surface area contributed by atoms with Crippen LogP contribution in [0.25, 0.3) is 0 Å². The predicted molar refractivity (Wildman–Crippen MR) is 76.5 cm³/mol. The van der Waals surface area contributed by atoms with Gasteiger partial charge < -0.3 is 14.5 Å². The predicted octanol–water partition coefficient (Wildman–Crippen LogP) is 2.35. The van der Waals surface area contributed by atoms with E-state index in [-0.39, 0.29) is 6.04 Å². The van der Waals surface area contributed by atoms with E-state index in [1.165, 1.54) is 0 Å². The SMILES string of the molecule is CCCOCCc1nnc(C(NC)c2ccccc2)o1. The molecule has 0 amide bonds. The molecular weight excluding hydrogens is 254 g/mol. The lowest BCUT2D eigenvalue weighted by atomic mass is 10.1. The molecule has 2 aromatic rings. The maximum atomic E-state index is 5.71. The fourth-order valence-corrected chi connectivity index (χ4v) is 1.97. The number of rotatable bonds is 8. The highest BCUT2D eigenvalue weighted by Gasteiger charge is 2.18. The molecule has 5 heteroatoms. The van der Waals surface area contributed by atoms with E-state index in [4.69, 9.17) is 9.15 Å². The van der Waals surface area contributed by atoms with Gasteiger partial charge >= 0.3 is 0 Å². The number of nitrogens with one attached hydrogen (secondary N) is 1. The zero-order valence-electron chi connectivity index (χ0n) is 12.0. The lowest BCUT2D eigenvalue weighted by Gasteiger charge is -2.11. The standard InChI is InChI=1S/C15H21N3O2/c1-3-10-19-11-9-13-17-18-15(20-13)14(16-2)12-7-5-4-6-8-12/h4-8,14,16H,3,9-11H2,1-2H3. The Labute approximate surface area is 119 Å². The van der Waals surface area contributed by atoms with Crippen LogP contribution in [0.5, 0.6) is 0 Å². The first kappa shape index (κ1) is 14.7. The molecule has 20 heavy (non-hydrogen) atoms. The monoisotopic (exact) mass is 275 g/mol. The highest BCUT2D eigenvalue weighted by Crippen LogP contribution is 2.20. The Kier molecular flexibility index (Phi) is 5.70. The van der Waals surface area contributed by atoms with E-state index in [1.54, 1.807) is 0 Å². The van der Waals surface area contributed by atoms with Gasteiger partial charge in [0.05, 0.1) is 6.61 Å². The topological polar surface area (TPSA) is 60.2 Å². The second-order valence-electron chi connectivity index (χ2n) is 4.53. The number of aromatic nitrogens is 2. The summed E-state index contributed by atoms with van der Waals surface area (Å²) >= 11 is 0. The van der Waals surface area contributed by atoms with Crippen molar-refractivity contribution in [2.24, 2.45) is 0 Å². The molecule has 0 fully saturated rings. The molecule has 1 atom stereocenters. The van der Waals surface area contributed by atoms with Crippen molar-refractivity contribution in [3.63, 3.8) is 0 Å². The number of hydrogen-bond donors (Lipinski definition) is 1. The minimum absolute atomic E-state index is 0.0750. The van der Waals surface area contributed by atoms with Crippen molar-refractivity contribution in [3.05, 3.63) is 47.7 Å². The summed E-state index contributed by atoms with van der Waals surface area (Å²) in [5.74, 6) is 1.21. The van der Waals surface area contributed by atoms with Gasteiger partial charge in [-0.2, -0.15) is 0 Å². The Morgan fingerprint density at radius 2 is 2.00 bits per heavy atom. The zero-order chi connectivity index (χ0) is 14.2. The molecule has 0 bridgehead atoms. The third kappa shape index (κ3) is 3.88. The molecule has 1 aromatic heterocycles. The van der Waals surface area contributed by atoms with Crippen LogP contribution in [-0.2, 0) is 11.2 Å². The summed E-state index contributed by atoms with van der Waals surface area (Å²) in [4.78, 5) is 0. The molecule has 1 aromatic carbocycles. The number of ether oxygens (including phenoxy) is 1. The first-order chi connectivity index (χ1) is 9.85.